The number of fused-ring (bicyclic) bond motifs is 2. The summed E-state index contributed by atoms with van der Waals surface area (Å²) >= 11 is 0. The standard InChI is InChI=1S/C27H28O5/c1-16(2)11-12-19-24-20(13-14-27(4,5)32-24)25(30-17(3)28)23-21(29)15-22(31-26(19)23)18-9-7-6-8-10-18/h6-11,13-14,22H,12,15H2,1-5H3. The van der Waals surface area contributed by atoms with Crippen molar-refractivity contribution in [3.63, 3.8) is 0 Å². The van der Waals surface area contributed by atoms with Crippen LogP contribution in [-0.4, -0.2) is 17.4 Å². The largest absolute Gasteiger partial charge is 0.484 e. The maximum Gasteiger partial charge on any atom is 0.308 e. The maximum atomic E-state index is 13.4. The highest BCUT2D eigenvalue weighted by Gasteiger charge is 2.39. The Morgan fingerprint density at radius 3 is 2.53 bits per heavy atom. The average Bonchev–Trinajstić information content (AvgIpc) is 2.72. The molecule has 0 aliphatic carbocycles. The second-order valence-electron chi connectivity index (χ2n) is 9.02. The molecule has 2 aliphatic rings. The van der Waals surface area contributed by atoms with Crippen LogP contribution in [0.4, 0.5) is 0 Å². The fourth-order valence-electron chi connectivity index (χ4n) is 4.04. The van der Waals surface area contributed by atoms with Gasteiger partial charge >= 0.3 is 5.97 Å². The smallest absolute Gasteiger partial charge is 0.308 e. The molecule has 0 amide bonds. The van der Waals surface area contributed by atoms with Crippen molar-refractivity contribution >= 4 is 17.8 Å². The fourth-order valence-corrected chi connectivity index (χ4v) is 4.04. The van der Waals surface area contributed by atoms with E-state index in [2.05, 4.69) is 6.08 Å². The van der Waals surface area contributed by atoms with E-state index in [4.69, 9.17) is 14.2 Å². The van der Waals surface area contributed by atoms with Crippen LogP contribution in [0, 0.1) is 0 Å². The predicted octanol–water partition coefficient (Wildman–Crippen LogP) is 6.01. The lowest BCUT2D eigenvalue weighted by molar-refractivity contribution is -0.131. The summed E-state index contributed by atoms with van der Waals surface area (Å²) in [6.07, 6.45) is 6.14. The monoisotopic (exact) mass is 432 g/mol. The van der Waals surface area contributed by atoms with Gasteiger partial charge < -0.3 is 14.2 Å². The van der Waals surface area contributed by atoms with Gasteiger partial charge in [0.2, 0.25) is 0 Å². The zero-order chi connectivity index (χ0) is 23.0. The van der Waals surface area contributed by atoms with Crippen LogP contribution in [0.3, 0.4) is 0 Å². The topological polar surface area (TPSA) is 61.8 Å². The van der Waals surface area contributed by atoms with Gasteiger partial charge in [0.15, 0.2) is 11.5 Å². The third-order valence-corrected chi connectivity index (χ3v) is 5.55. The number of hydrogen-bond acceptors (Lipinski definition) is 5. The second kappa shape index (κ2) is 8.30. The number of ketones is 1. The van der Waals surface area contributed by atoms with Crippen molar-refractivity contribution < 1.29 is 23.8 Å². The van der Waals surface area contributed by atoms with Gasteiger partial charge in [-0.05, 0) is 51.8 Å². The average molecular weight is 433 g/mol. The van der Waals surface area contributed by atoms with Crippen molar-refractivity contribution in [3.05, 3.63) is 70.3 Å². The zero-order valence-corrected chi connectivity index (χ0v) is 19.2. The minimum atomic E-state index is -0.550. The highest BCUT2D eigenvalue weighted by Crippen LogP contribution is 2.51. The molecule has 166 valence electrons. The maximum absolute atomic E-state index is 13.4. The number of esters is 1. The summed E-state index contributed by atoms with van der Waals surface area (Å²) < 4.78 is 18.4. The molecule has 0 fully saturated rings. The van der Waals surface area contributed by atoms with E-state index in [1.807, 2.05) is 70.2 Å². The number of rotatable bonds is 4. The number of carbonyl (C=O) groups is 2. The molecule has 5 nitrogen and oxygen atoms in total. The lowest BCUT2D eigenvalue weighted by Crippen LogP contribution is -2.30. The normalized spacial score (nSPS) is 18.0. The molecule has 0 aromatic heterocycles. The minimum absolute atomic E-state index is 0.115. The summed E-state index contributed by atoms with van der Waals surface area (Å²) in [4.78, 5) is 25.4. The SMILES string of the molecule is CC(=O)Oc1c2c(c(CC=C(C)C)c3c1C(=O)CC(c1ccccc1)O3)OC(C)(C)C=C2. The van der Waals surface area contributed by atoms with Crippen molar-refractivity contribution in [2.45, 2.75) is 59.2 Å². The summed E-state index contributed by atoms with van der Waals surface area (Å²) in [5, 5.41) is 0. The summed E-state index contributed by atoms with van der Waals surface area (Å²) in [6, 6.07) is 9.69. The molecule has 0 N–H and O–H groups in total. The Morgan fingerprint density at radius 2 is 1.88 bits per heavy atom. The van der Waals surface area contributed by atoms with Crippen LogP contribution in [0.2, 0.25) is 0 Å². The number of hydrogen-bond donors (Lipinski definition) is 0. The summed E-state index contributed by atoms with van der Waals surface area (Å²) in [6.45, 7) is 9.29. The van der Waals surface area contributed by atoms with Gasteiger partial charge in [-0.1, -0.05) is 42.0 Å². The summed E-state index contributed by atoms with van der Waals surface area (Å²) in [5.41, 5.74) is 3.23. The van der Waals surface area contributed by atoms with Crippen LogP contribution in [0.15, 0.2) is 48.1 Å². The van der Waals surface area contributed by atoms with E-state index in [0.717, 1.165) is 16.7 Å². The van der Waals surface area contributed by atoms with Gasteiger partial charge in [0.1, 0.15) is 28.8 Å². The Labute approximate surface area is 188 Å². The molecule has 32 heavy (non-hydrogen) atoms. The molecule has 1 unspecified atom stereocenters. The first kappa shape index (κ1) is 21.9. The van der Waals surface area contributed by atoms with Crippen LogP contribution in [0.25, 0.3) is 6.08 Å². The van der Waals surface area contributed by atoms with E-state index < -0.39 is 17.7 Å². The summed E-state index contributed by atoms with van der Waals surface area (Å²) in [5.74, 6) is 0.630. The van der Waals surface area contributed by atoms with Crippen molar-refractivity contribution in [1.82, 2.24) is 0 Å². The number of Topliss-reactive ketones (excluding diaryl/α,β-unsaturated/α-hetero) is 1. The molecule has 4 rings (SSSR count). The highest BCUT2D eigenvalue weighted by molar-refractivity contribution is 6.05. The van der Waals surface area contributed by atoms with Gasteiger partial charge in [0.25, 0.3) is 0 Å². The van der Waals surface area contributed by atoms with Crippen LogP contribution < -0.4 is 14.2 Å². The first-order chi connectivity index (χ1) is 15.2. The molecule has 0 radical (unpaired) electrons. The number of benzene rings is 2. The zero-order valence-electron chi connectivity index (χ0n) is 19.2. The number of allylic oxidation sites excluding steroid dienone is 2. The van der Waals surface area contributed by atoms with E-state index in [1.54, 1.807) is 0 Å². The van der Waals surface area contributed by atoms with Crippen molar-refractivity contribution in [2.24, 2.45) is 0 Å². The molecule has 0 bridgehead atoms. The predicted molar refractivity (Wildman–Crippen MR) is 123 cm³/mol. The van der Waals surface area contributed by atoms with Gasteiger partial charge in [0.05, 0.1) is 12.0 Å². The van der Waals surface area contributed by atoms with Crippen LogP contribution in [0.1, 0.15) is 74.2 Å². The van der Waals surface area contributed by atoms with Crippen LogP contribution in [-0.2, 0) is 11.2 Å². The molecule has 2 aromatic rings. The van der Waals surface area contributed by atoms with E-state index in [-0.39, 0.29) is 18.0 Å². The molecule has 1 atom stereocenters. The Bertz CT molecular complexity index is 1130. The molecule has 0 saturated heterocycles. The first-order valence-electron chi connectivity index (χ1n) is 10.8. The van der Waals surface area contributed by atoms with Crippen molar-refractivity contribution in [3.8, 4) is 17.2 Å². The Balaban J connectivity index is 1.98. The van der Waals surface area contributed by atoms with E-state index >= 15 is 0 Å². The molecule has 2 heterocycles. The molecule has 2 aliphatic heterocycles. The molecule has 0 spiro atoms. The van der Waals surface area contributed by atoms with Gasteiger partial charge in [-0.25, -0.2) is 0 Å². The number of carbonyl (C=O) groups excluding carboxylic acids is 2. The molecule has 2 aromatic carbocycles. The van der Waals surface area contributed by atoms with Gasteiger partial charge in [0, 0.05) is 12.5 Å². The Kier molecular flexibility index (Phi) is 5.68. The Hall–Kier alpha value is -3.34. The quantitative estimate of drug-likeness (QED) is 0.336. The van der Waals surface area contributed by atoms with Gasteiger partial charge in [-0.15, -0.1) is 0 Å². The van der Waals surface area contributed by atoms with Crippen molar-refractivity contribution in [2.75, 3.05) is 0 Å². The lowest BCUT2D eigenvalue weighted by atomic mass is 9.88. The van der Waals surface area contributed by atoms with E-state index in [9.17, 15) is 9.59 Å². The van der Waals surface area contributed by atoms with E-state index in [0.29, 0.717) is 29.0 Å². The van der Waals surface area contributed by atoms with E-state index in [1.165, 1.54) is 6.92 Å². The third kappa shape index (κ3) is 4.20. The van der Waals surface area contributed by atoms with Crippen molar-refractivity contribution in [1.29, 1.82) is 0 Å². The van der Waals surface area contributed by atoms with Gasteiger partial charge in [-0.2, -0.15) is 0 Å². The Morgan fingerprint density at radius 1 is 1.16 bits per heavy atom. The van der Waals surface area contributed by atoms with Crippen LogP contribution >= 0.6 is 0 Å². The molecule has 5 heteroatoms. The number of ether oxygens (including phenoxy) is 3. The van der Waals surface area contributed by atoms with Gasteiger partial charge in [-0.3, -0.25) is 9.59 Å². The lowest BCUT2D eigenvalue weighted by Gasteiger charge is -2.35. The fraction of sp³-hybridized carbons (Fsp3) is 0.333. The summed E-state index contributed by atoms with van der Waals surface area (Å²) in [7, 11) is 0. The third-order valence-electron chi connectivity index (χ3n) is 5.55. The minimum Gasteiger partial charge on any atom is -0.484 e. The molecule has 0 saturated carbocycles. The second-order valence-corrected chi connectivity index (χ2v) is 9.02. The molecular weight excluding hydrogens is 404 g/mol. The van der Waals surface area contributed by atoms with Crippen LogP contribution in [0.5, 0.6) is 17.2 Å². The highest BCUT2D eigenvalue weighted by atomic mass is 16.5. The molecular formula is C27H28O5. The first-order valence-corrected chi connectivity index (χ1v) is 10.8.